The van der Waals surface area contributed by atoms with Gasteiger partial charge in [-0.1, -0.05) is 49.6 Å². The maximum absolute atomic E-state index is 13.7. The smallest absolute Gasteiger partial charge is 0.406 e. The maximum atomic E-state index is 13.7. The summed E-state index contributed by atoms with van der Waals surface area (Å²) >= 11 is 0. The van der Waals surface area contributed by atoms with Gasteiger partial charge in [-0.3, -0.25) is 14.6 Å². The van der Waals surface area contributed by atoms with Crippen LogP contribution in [0.2, 0.25) is 0 Å². The van der Waals surface area contributed by atoms with Crippen molar-refractivity contribution in [1.82, 2.24) is 14.4 Å². The van der Waals surface area contributed by atoms with Crippen LogP contribution < -0.4 is 10.5 Å². The van der Waals surface area contributed by atoms with Gasteiger partial charge in [0.1, 0.15) is 5.75 Å². The molecule has 1 saturated heterocycles. The Hall–Kier alpha value is -3.87. The third-order valence-electron chi connectivity index (χ3n) is 10.7. The minimum Gasteiger partial charge on any atom is -0.406 e. The van der Waals surface area contributed by atoms with Gasteiger partial charge in [-0.2, -0.15) is 13.2 Å². The molecular formula is C40H46F6N4O2. The van der Waals surface area contributed by atoms with Gasteiger partial charge in [0.2, 0.25) is 0 Å². The highest BCUT2D eigenvalue weighted by atomic mass is 19.4. The lowest BCUT2D eigenvalue weighted by molar-refractivity contribution is -0.274. The maximum Gasteiger partial charge on any atom is 0.573 e. The van der Waals surface area contributed by atoms with Gasteiger partial charge in [-0.15, -0.1) is 13.2 Å². The number of unbranched alkanes of at least 4 members (excludes halogenated alkanes) is 1. The second-order valence-electron chi connectivity index (χ2n) is 14.4. The lowest BCUT2D eigenvalue weighted by atomic mass is 9.78. The number of ketones is 1. The van der Waals surface area contributed by atoms with E-state index in [1.54, 1.807) is 25.1 Å². The highest BCUT2D eigenvalue weighted by molar-refractivity contribution is 5.96. The highest BCUT2D eigenvalue weighted by Crippen LogP contribution is 2.36. The summed E-state index contributed by atoms with van der Waals surface area (Å²) in [4.78, 5) is 17.3. The van der Waals surface area contributed by atoms with Crippen LogP contribution in [0.15, 0.2) is 66.9 Å². The van der Waals surface area contributed by atoms with Gasteiger partial charge in [0.25, 0.3) is 0 Å². The van der Waals surface area contributed by atoms with Crippen molar-refractivity contribution in [3.8, 4) is 16.9 Å². The average molecular weight is 729 g/mol. The molecule has 2 fully saturated rings. The molecule has 0 amide bonds. The van der Waals surface area contributed by atoms with E-state index in [1.165, 1.54) is 18.2 Å². The first-order valence-corrected chi connectivity index (χ1v) is 18.1. The molecular weight excluding hydrogens is 682 g/mol. The zero-order chi connectivity index (χ0) is 37.1. The molecule has 2 N–H and O–H groups in total. The zero-order valence-electron chi connectivity index (χ0n) is 29.5. The number of aryl methyl sites for hydroxylation is 2. The summed E-state index contributed by atoms with van der Waals surface area (Å²) in [6, 6.07) is 16.4. The van der Waals surface area contributed by atoms with Crippen LogP contribution in [-0.4, -0.2) is 58.2 Å². The van der Waals surface area contributed by atoms with Gasteiger partial charge in [0.05, 0.1) is 11.1 Å². The molecule has 12 heteroatoms. The van der Waals surface area contributed by atoms with E-state index < -0.39 is 23.6 Å². The van der Waals surface area contributed by atoms with Crippen LogP contribution in [-0.2, 0) is 30.6 Å². The molecule has 6 rings (SSSR count). The number of carbonyl (C=O) groups excluding carboxylic acids is 1. The fourth-order valence-corrected chi connectivity index (χ4v) is 7.74. The molecule has 280 valence electrons. The second-order valence-corrected chi connectivity index (χ2v) is 14.4. The highest BCUT2D eigenvalue weighted by Gasteiger charge is 2.35. The van der Waals surface area contributed by atoms with Crippen molar-refractivity contribution >= 4 is 16.7 Å². The number of hydrogen-bond acceptors (Lipinski definition) is 5. The lowest BCUT2D eigenvalue weighted by Crippen LogP contribution is -2.49. The topological polar surface area (TPSA) is 63.7 Å². The molecule has 1 saturated carbocycles. The van der Waals surface area contributed by atoms with Crippen molar-refractivity contribution in [2.75, 3.05) is 26.2 Å². The van der Waals surface area contributed by atoms with Gasteiger partial charge in [0.15, 0.2) is 5.78 Å². The van der Waals surface area contributed by atoms with Crippen molar-refractivity contribution < 1.29 is 35.9 Å². The van der Waals surface area contributed by atoms with Crippen molar-refractivity contribution in [1.29, 1.82) is 0 Å². The van der Waals surface area contributed by atoms with Crippen LogP contribution >= 0.6 is 0 Å². The van der Waals surface area contributed by atoms with Gasteiger partial charge >= 0.3 is 12.5 Å². The van der Waals surface area contributed by atoms with E-state index in [2.05, 4.69) is 37.3 Å². The van der Waals surface area contributed by atoms with Crippen LogP contribution in [0.25, 0.3) is 22.0 Å². The lowest BCUT2D eigenvalue weighted by Gasteiger charge is -2.35. The van der Waals surface area contributed by atoms with E-state index in [9.17, 15) is 31.1 Å². The number of nitrogens with zero attached hydrogens (tertiary/aromatic N) is 3. The Kier molecular flexibility index (Phi) is 11.4. The summed E-state index contributed by atoms with van der Waals surface area (Å²) in [6.07, 6.45) is -0.664. The Morgan fingerprint density at radius 1 is 0.846 bits per heavy atom. The predicted molar refractivity (Wildman–Crippen MR) is 190 cm³/mol. The number of piperazine rings is 1. The number of aromatic nitrogens is 1. The SMILES string of the molecule is Cc1cccc(C(F)(F)F)c1CN1CCN(Cc2ccc3c(c2)c(-c2ccc(OC(F)(F)F)cc2)cn3CCCCC(=O)C2(N)CCCCC2)CC1. The minimum atomic E-state index is -4.79. The Bertz CT molecular complexity index is 1840. The van der Waals surface area contributed by atoms with E-state index >= 15 is 0 Å². The zero-order valence-corrected chi connectivity index (χ0v) is 29.5. The number of fused-ring (bicyclic) bond motifs is 1. The average Bonchev–Trinajstić information content (AvgIpc) is 3.45. The van der Waals surface area contributed by atoms with E-state index in [0.29, 0.717) is 63.2 Å². The monoisotopic (exact) mass is 728 g/mol. The minimum absolute atomic E-state index is 0.137. The molecule has 1 aromatic heterocycles. The van der Waals surface area contributed by atoms with Gasteiger partial charge < -0.3 is 15.0 Å². The van der Waals surface area contributed by atoms with Crippen LogP contribution in [0.5, 0.6) is 5.75 Å². The third-order valence-corrected chi connectivity index (χ3v) is 10.7. The van der Waals surface area contributed by atoms with E-state index in [1.807, 2.05) is 6.20 Å². The fraction of sp³-hybridized carbons (Fsp3) is 0.475. The number of alkyl halides is 6. The molecule has 2 heterocycles. The van der Waals surface area contributed by atoms with Crippen LogP contribution in [0.3, 0.4) is 0 Å². The van der Waals surface area contributed by atoms with Crippen molar-refractivity contribution in [2.45, 2.75) is 96.0 Å². The molecule has 0 atom stereocenters. The third kappa shape index (κ3) is 9.19. The number of Topliss-reactive ketones (excluding diaryl/α,β-unsaturated/α-hetero) is 1. The number of rotatable bonds is 12. The molecule has 52 heavy (non-hydrogen) atoms. The number of halogens is 6. The molecule has 0 radical (unpaired) electrons. The molecule has 1 aliphatic heterocycles. The first kappa shape index (κ1) is 37.9. The Balaban J connectivity index is 1.15. The largest absolute Gasteiger partial charge is 0.573 e. The Morgan fingerprint density at radius 3 is 2.17 bits per heavy atom. The summed E-state index contributed by atoms with van der Waals surface area (Å²) in [5, 5.41) is 0.957. The molecule has 0 spiro atoms. The summed E-state index contributed by atoms with van der Waals surface area (Å²) < 4.78 is 85.8. The first-order valence-electron chi connectivity index (χ1n) is 18.1. The molecule has 0 unspecified atom stereocenters. The molecule has 0 bridgehead atoms. The van der Waals surface area contributed by atoms with E-state index in [0.717, 1.165) is 72.2 Å². The standard InChI is InChI=1S/C40H46F6N4O2/c1-28-8-7-9-35(39(41,42)43)33(28)26-49-22-20-48(21-23-49)25-29-11-16-36-32(24-29)34(30-12-14-31(15-13-30)52-40(44,45)46)27-50(36)19-6-3-10-37(51)38(47)17-4-2-5-18-38/h7-9,11-16,24,27H,2-6,10,17-23,25-26,47H2,1H3. The number of nitrogens with two attached hydrogens (primary N) is 1. The molecule has 4 aromatic rings. The van der Waals surface area contributed by atoms with Gasteiger partial charge in [-0.25, -0.2) is 0 Å². The number of ether oxygens (including phenoxy) is 1. The number of benzene rings is 3. The van der Waals surface area contributed by atoms with E-state index in [4.69, 9.17) is 5.73 Å². The number of hydrogen-bond donors (Lipinski definition) is 1. The predicted octanol–water partition coefficient (Wildman–Crippen LogP) is 9.25. The fourth-order valence-electron chi connectivity index (χ4n) is 7.74. The van der Waals surface area contributed by atoms with Crippen LogP contribution in [0.4, 0.5) is 26.3 Å². The summed E-state index contributed by atoms with van der Waals surface area (Å²) in [5.41, 5.74) is 9.79. The van der Waals surface area contributed by atoms with Crippen molar-refractivity contribution in [3.05, 3.63) is 89.1 Å². The van der Waals surface area contributed by atoms with E-state index in [-0.39, 0.29) is 18.1 Å². The van der Waals surface area contributed by atoms with Crippen LogP contribution in [0, 0.1) is 6.92 Å². The quantitative estimate of drug-likeness (QED) is 0.116. The first-order chi connectivity index (χ1) is 24.7. The summed E-state index contributed by atoms with van der Waals surface area (Å²) in [6.45, 7) is 5.93. The molecule has 3 aromatic carbocycles. The van der Waals surface area contributed by atoms with Crippen LogP contribution in [0.1, 0.15) is 73.6 Å². The van der Waals surface area contributed by atoms with Gasteiger partial charge in [-0.05, 0) is 85.2 Å². The summed E-state index contributed by atoms with van der Waals surface area (Å²) in [5.74, 6) is -0.157. The van der Waals surface area contributed by atoms with Gasteiger partial charge in [0, 0.05) is 74.9 Å². The van der Waals surface area contributed by atoms with Crippen molar-refractivity contribution in [3.63, 3.8) is 0 Å². The Labute approximate surface area is 300 Å². The molecule has 2 aliphatic rings. The second kappa shape index (κ2) is 15.6. The molecule has 6 nitrogen and oxygen atoms in total. The Morgan fingerprint density at radius 2 is 1.52 bits per heavy atom. The van der Waals surface area contributed by atoms with Crippen molar-refractivity contribution in [2.24, 2.45) is 5.73 Å². The molecule has 1 aliphatic carbocycles. The number of carbonyl (C=O) groups is 1. The normalized spacial score (nSPS) is 17.5. The summed E-state index contributed by atoms with van der Waals surface area (Å²) in [7, 11) is 0.